The maximum Gasteiger partial charge on any atom is 0.153 e. The number of rotatable bonds is 3. The van der Waals surface area contributed by atoms with E-state index in [-0.39, 0.29) is 0 Å². The lowest BCUT2D eigenvalue weighted by Crippen LogP contribution is -2.01. The van der Waals surface area contributed by atoms with Crippen LogP contribution in [0.2, 0.25) is 0 Å². The summed E-state index contributed by atoms with van der Waals surface area (Å²) in [5.41, 5.74) is 0. The van der Waals surface area contributed by atoms with Crippen molar-refractivity contribution in [2.24, 2.45) is 17.8 Å². The van der Waals surface area contributed by atoms with E-state index in [1.807, 2.05) is 0 Å². The van der Waals surface area contributed by atoms with Crippen molar-refractivity contribution in [2.45, 2.75) is 20.3 Å². The Balaban J connectivity index is 2.19. The van der Waals surface area contributed by atoms with E-state index in [0.717, 1.165) is 12.3 Å². The van der Waals surface area contributed by atoms with Gasteiger partial charge in [0.2, 0.25) is 0 Å². The van der Waals surface area contributed by atoms with Crippen LogP contribution in [0.15, 0.2) is 0 Å². The van der Waals surface area contributed by atoms with Gasteiger partial charge in [-0.2, -0.15) is 0 Å². The zero-order valence-corrected chi connectivity index (χ0v) is 7.23. The van der Waals surface area contributed by atoms with Crippen LogP contribution in [0.5, 0.6) is 0 Å². The molecular weight excluding hydrogens is 148 g/mol. The molecule has 1 aliphatic carbocycles. The van der Waals surface area contributed by atoms with Crippen LogP contribution in [-0.2, 0) is 11.1 Å². The van der Waals surface area contributed by atoms with Crippen molar-refractivity contribution in [3.05, 3.63) is 0 Å². The second-order valence-electron chi connectivity index (χ2n) is 3.39. The summed E-state index contributed by atoms with van der Waals surface area (Å²) < 4.78 is 18.9. The normalized spacial score (nSPS) is 34.4. The molecule has 0 amide bonds. The van der Waals surface area contributed by atoms with Crippen molar-refractivity contribution >= 4 is 11.1 Å². The second kappa shape index (κ2) is 3.01. The highest BCUT2D eigenvalue weighted by molar-refractivity contribution is 7.79. The molecule has 0 aromatic heterocycles. The van der Waals surface area contributed by atoms with Crippen molar-refractivity contribution in [3.63, 3.8) is 0 Å². The molecule has 60 valence electrons. The average molecular weight is 162 g/mol. The third-order valence-corrected chi connectivity index (χ3v) is 2.90. The fraction of sp³-hybridized carbons (Fsp3) is 1.00. The average Bonchev–Trinajstić information content (AvgIpc) is 2.43. The van der Waals surface area contributed by atoms with Crippen molar-refractivity contribution in [1.29, 1.82) is 0 Å². The summed E-state index contributed by atoms with van der Waals surface area (Å²) in [5, 5.41) is 0. The van der Waals surface area contributed by atoms with Gasteiger partial charge in [0, 0.05) is 0 Å². The van der Waals surface area contributed by atoms with Crippen LogP contribution in [0.4, 0.5) is 0 Å². The molecule has 10 heavy (non-hydrogen) atoms. The van der Waals surface area contributed by atoms with Gasteiger partial charge in [0.25, 0.3) is 0 Å². The van der Waals surface area contributed by atoms with Crippen molar-refractivity contribution in [2.75, 3.05) is 5.75 Å². The van der Waals surface area contributed by atoms with Gasteiger partial charge in [-0.15, -0.1) is 0 Å². The van der Waals surface area contributed by atoms with Gasteiger partial charge in [-0.1, -0.05) is 13.8 Å². The summed E-state index contributed by atoms with van der Waals surface area (Å²) in [6.45, 7) is 4.34. The summed E-state index contributed by atoms with van der Waals surface area (Å²) >= 11 is -1.57. The minimum absolute atomic E-state index is 0.489. The van der Waals surface area contributed by atoms with Crippen LogP contribution in [-0.4, -0.2) is 14.5 Å². The van der Waals surface area contributed by atoms with E-state index in [9.17, 15) is 4.21 Å². The van der Waals surface area contributed by atoms with Crippen molar-refractivity contribution in [3.8, 4) is 0 Å². The van der Waals surface area contributed by atoms with E-state index in [1.54, 1.807) is 0 Å². The first kappa shape index (κ1) is 8.21. The Kier molecular flexibility index (Phi) is 2.47. The molecule has 0 aromatic rings. The third kappa shape index (κ3) is 2.06. The van der Waals surface area contributed by atoms with E-state index in [2.05, 4.69) is 13.8 Å². The molecule has 1 N–H and O–H groups in total. The number of hydrogen-bond acceptors (Lipinski definition) is 1. The standard InChI is InChI=1S/C7H14O2S/c1-5(2)7-3-6(7)4-10(8)9/h5-7H,3-4H2,1-2H3,(H,8,9). The Bertz CT molecular complexity index is 145. The molecule has 0 saturated heterocycles. The first-order valence-electron chi connectivity index (χ1n) is 3.68. The molecule has 1 rings (SSSR count). The minimum Gasteiger partial charge on any atom is -0.306 e. The molecule has 1 saturated carbocycles. The fourth-order valence-corrected chi connectivity index (χ4v) is 2.21. The Morgan fingerprint density at radius 3 is 2.60 bits per heavy atom. The smallest absolute Gasteiger partial charge is 0.153 e. The summed E-state index contributed by atoms with van der Waals surface area (Å²) in [5.74, 6) is 2.43. The topological polar surface area (TPSA) is 37.3 Å². The Morgan fingerprint density at radius 2 is 2.30 bits per heavy atom. The SMILES string of the molecule is CC(C)C1CC1CS(=O)O. The van der Waals surface area contributed by atoms with Crippen LogP contribution >= 0.6 is 0 Å². The van der Waals surface area contributed by atoms with Crippen LogP contribution in [0, 0.1) is 17.8 Å². The van der Waals surface area contributed by atoms with Crippen LogP contribution < -0.4 is 0 Å². The van der Waals surface area contributed by atoms with Gasteiger partial charge >= 0.3 is 0 Å². The van der Waals surface area contributed by atoms with Crippen molar-refractivity contribution < 1.29 is 8.76 Å². The highest BCUT2D eigenvalue weighted by Gasteiger charge is 2.39. The predicted molar refractivity (Wildman–Crippen MR) is 42.1 cm³/mol. The summed E-state index contributed by atoms with van der Waals surface area (Å²) in [6, 6.07) is 0. The lowest BCUT2D eigenvalue weighted by Gasteiger charge is -1.99. The van der Waals surface area contributed by atoms with E-state index in [4.69, 9.17) is 4.55 Å². The molecule has 1 fully saturated rings. The monoisotopic (exact) mass is 162 g/mol. The molecule has 2 nitrogen and oxygen atoms in total. The first-order chi connectivity index (χ1) is 4.61. The molecule has 3 atom stereocenters. The van der Waals surface area contributed by atoms with E-state index >= 15 is 0 Å². The Hall–Kier alpha value is 0.110. The molecule has 1 aliphatic rings. The maximum atomic E-state index is 10.3. The number of hydrogen-bond donors (Lipinski definition) is 1. The molecule has 0 radical (unpaired) electrons. The van der Waals surface area contributed by atoms with Gasteiger partial charge in [-0.3, -0.25) is 0 Å². The molecule has 0 aliphatic heterocycles. The molecule has 3 heteroatoms. The van der Waals surface area contributed by atoms with E-state index in [1.165, 1.54) is 0 Å². The highest BCUT2D eigenvalue weighted by atomic mass is 32.2. The van der Waals surface area contributed by atoms with Crippen LogP contribution in [0.25, 0.3) is 0 Å². The molecule has 0 spiro atoms. The molecule has 3 unspecified atom stereocenters. The first-order valence-corrected chi connectivity index (χ1v) is 4.96. The lowest BCUT2D eigenvalue weighted by atomic mass is 10.1. The zero-order chi connectivity index (χ0) is 7.72. The van der Waals surface area contributed by atoms with Gasteiger partial charge < -0.3 is 4.55 Å². The van der Waals surface area contributed by atoms with Gasteiger partial charge in [0.05, 0.1) is 5.75 Å². The molecule has 0 heterocycles. The van der Waals surface area contributed by atoms with E-state index < -0.39 is 11.1 Å². The molecule has 0 bridgehead atoms. The van der Waals surface area contributed by atoms with Crippen LogP contribution in [0.3, 0.4) is 0 Å². The van der Waals surface area contributed by atoms with Gasteiger partial charge in [-0.05, 0) is 24.2 Å². The molecule has 0 aromatic carbocycles. The summed E-state index contributed by atoms with van der Waals surface area (Å²) in [7, 11) is 0. The zero-order valence-electron chi connectivity index (χ0n) is 6.41. The second-order valence-corrected chi connectivity index (χ2v) is 4.37. The van der Waals surface area contributed by atoms with E-state index in [0.29, 0.717) is 17.6 Å². The quantitative estimate of drug-likeness (QED) is 0.638. The third-order valence-electron chi connectivity index (χ3n) is 2.19. The highest BCUT2D eigenvalue weighted by Crippen LogP contribution is 2.44. The van der Waals surface area contributed by atoms with Gasteiger partial charge in [0.15, 0.2) is 11.1 Å². The maximum absolute atomic E-state index is 10.3. The van der Waals surface area contributed by atoms with Gasteiger partial charge in [0.1, 0.15) is 0 Å². The molecular formula is C7H14O2S. The largest absolute Gasteiger partial charge is 0.306 e. The summed E-state index contributed by atoms with van der Waals surface area (Å²) in [6.07, 6.45) is 1.16. The van der Waals surface area contributed by atoms with Gasteiger partial charge in [-0.25, -0.2) is 4.21 Å². The van der Waals surface area contributed by atoms with Crippen LogP contribution in [0.1, 0.15) is 20.3 Å². The van der Waals surface area contributed by atoms with Crippen molar-refractivity contribution in [1.82, 2.24) is 0 Å². The Morgan fingerprint density at radius 1 is 1.70 bits per heavy atom. The fourth-order valence-electron chi connectivity index (χ4n) is 1.46. The summed E-state index contributed by atoms with van der Waals surface area (Å²) in [4.78, 5) is 0. The Labute approximate surface area is 64.3 Å². The lowest BCUT2D eigenvalue weighted by molar-refractivity contribution is 0.519. The predicted octanol–water partition coefficient (Wildman–Crippen LogP) is 1.50. The minimum atomic E-state index is -1.57.